The highest BCUT2D eigenvalue weighted by Gasteiger charge is 2.47. The molecule has 34 heavy (non-hydrogen) atoms. The Morgan fingerprint density at radius 1 is 0.941 bits per heavy atom. The number of rotatable bonds is 3. The Bertz CT molecular complexity index is 1410. The molecule has 1 saturated heterocycles. The number of H-pyrrole nitrogens is 1. The molecule has 6 rings (SSSR count). The van der Waals surface area contributed by atoms with Crippen molar-refractivity contribution in [3.8, 4) is 0 Å². The van der Waals surface area contributed by atoms with Gasteiger partial charge in [-0.2, -0.15) is 0 Å². The molecule has 6 heteroatoms. The number of amides is 2. The molecule has 5 nitrogen and oxygen atoms in total. The molecule has 2 aliphatic rings. The fraction of sp³-hybridized carbons (Fsp3) is 0.214. The van der Waals surface area contributed by atoms with E-state index in [0.717, 1.165) is 11.2 Å². The number of aromatic nitrogens is 1. The molecule has 3 heterocycles. The topological polar surface area (TPSA) is 56.4 Å². The van der Waals surface area contributed by atoms with Crippen LogP contribution >= 0.6 is 11.6 Å². The number of nitrogens with one attached hydrogen (secondary N) is 1. The number of imide groups is 1. The summed E-state index contributed by atoms with van der Waals surface area (Å²) in [6.45, 7) is 2.78. The zero-order chi connectivity index (χ0) is 23.4. The Labute approximate surface area is 202 Å². The number of fused-ring (bicyclic) bond motifs is 3. The first kappa shape index (κ1) is 21.1. The second-order valence-electron chi connectivity index (χ2n) is 9.10. The molecule has 4 aromatic rings. The highest BCUT2D eigenvalue weighted by atomic mass is 35.5. The van der Waals surface area contributed by atoms with Gasteiger partial charge in [0.25, 0.3) is 5.91 Å². The van der Waals surface area contributed by atoms with E-state index >= 15 is 0 Å². The van der Waals surface area contributed by atoms with Crippen LogP contribution in [-0.2, 0) is 9.59 Å². The molecule has 2 aliphatic heterocycles. The SMILES string of the molecule is CC1c2[nH]c3ccccc3c2C(c2ccccc2)CN1C1CC(=O)N(c2cccc(Cl)c2)C1=O. The number of aromatic amines is 1. The van der Waals surface area contributed by atoms with Gasteiger partial charge in [0.05, 0.1) is 18.2 Å². The summed E-state index contributed by atoms with van der Waals surface area (Å²) in [6, 6.07) is 25.1. The van der Waals surface area contributed by atoms with Crippen molar-refractivity contribution in [2.45, 2.75) is 31.3 Å². The zero-order valence-corrected chi connectivity index (χ0v) is 19.5. The van der Waals surface area contributed by atoms with Crippen LogP contribution in [0, 0.1) is 0 Å². The summed E-state index contributed by atoms with van der Waals surface area (Å²) >= 11 is 6.14. The molecule has 2 amide bonds. The highest BCUT2D eigenvalue weighted by Crippen LogP contribution is 2.45. The molecular formula is C28H24ClN3O2. The number of carbonyl (C=O) groups is 2. The third-order valence-electron chi connectivity index (χ3n) is 7.23. The van der Waals surface area contributed by atoms with Crippen molar-refractivity contribution in [1.82, 2.24) is 9.88 Å². The van der Waals surface area contributed by atoms with Crippen molar-refractivity contribution in [3.05, 3.63) is 101 Å². The molecule has 3 unspecified atom stereocenters. The summed E-state index contributed by atoms with van der Waals surface area (Å²) in [5, 5.41) is 1.71. The Kier molecular flexibility index (Phi) is 5.05. The smallest absolute Gasteiger partial charge is 0.251 e. The summed E-state index contributed by atoms with van der Waals surface area (Å²) < 4.78 is 0. The number of nitrogens with zero attached hydrogens (tertiary/aromatic N) is 2. The predicted molar refractivity (Wildman–Crippen MR) is 134 cm³/mol. The second kappa shape index (κ2) is 8.12. The van der Waals surface area contributed by atoms with Crippen LogP contribution in [0.15, 0.2) is 78.9 Å². The summed E-state index contributed by atoms with van der Waals surface area (Å²) in [6.07, 6.45) is 0.159. The minimum Gasteiger partial charge on any atom is -0.357 e. The first-order chi connectivity index (χ1) is 16.5. The molecule has 0 bridgehead atoms. The molecule has 0 aliphatic carbocycles. The fourth-order valence-electron chi connectivity index (χ4n) is 5.63. The second-order valence-corrected chi connectivity index (χ2v) is 9.54. The number of halogens is 1. The van der Waals surface area contributed by atoms with Crippen LogP contribution in [-0.4, -0.2) is 34.3 Å². The van der Waals surface area contributed by atoms with E-state index in [4.69, 9.17) is 11.6 Å². The van der Waals surface area contributed by atoms with Gasteiger partial charge in [0.2, 0.25) is 5.91 Å². The number of benzene rings is 3. The molecular weight excluding hydrogens is 446 g/mol. The Hall–Kier alpha value is -3.41. The van der Waals surface area contributed by atoms with E-state index < -0.39 is 6.04 Å². The minimum absolute atomic E-state index is 0.0385. The largest absolute Gasteiger partial charge is 0.357 e. The van der Waals surface area contributed by atoms with Crippen molar-refractivity contribution in [1.29, 1.82) is 0 Å². The van der Waals surface area contributed by atoms with E-state index in [2.05, 4.69) is 59.3 Å². The molecule has 0 radical (unpaired) electrons. The van der Waals surface area contributed by atoms with E-state index in [1.165, 1.54) is 21.4 Å². The summed E-state index contributed by atoms with van der Waals surface area (Å²) in [4.78, 5) is 33.7. The Morgan fingerprint density at radius 3 is 2.50 bits per heavy atom. The van der Waals surface area contributed by atoms with Crippen molar-refractivity contribution in [2.24, 2.45) is 0 Å². The lowest BCUT2D eigenvalue weighted by molar-refractivity contribution is -0.123. The molecule has 0 spiro atoms. The van der Waals surface area contributed by atoms with Crippen LogP contribution in [0.25, 0.3) is 10.9 Å². The van der Waals surface area contributed by atoms with E-state index in [1.807, 2.05) is 12.1 Å². The van der Waals surface area contributed by atoms with Crippen molar-refractivity contribution in [3.63, 3.8) is 0 Å². The monoisotopic (exact) mass is 469 g/mol. The van der Waals surface area contributed by atoms with Crippen LogP contribution in [0.5, 0.6) is 0 Å². The molecule has 170 valence electrons. The van der Waals surface area contributed by atoms with Crippen LogP contribution in [0.3, 0.4) is 0 Å². The maximum absolute atomic E-state index is 13.6. The Balaban J connectivity index is 1.43. The van der Waals surface area contributed by atoms with Gasteiger partial charge in [-0.3, -0.25) is 14.5 Å². The fourth-order valence-corrected chi connectivity index (χ4v) is 5.82. The molecule has 1 N–H and O–H groups in total. The van der Waals surface area contributed by atoms with E-state index in [0.29, 0.717) is 17.3 Å². The van der Waals surface area contributed by atoms with Crippen LogP contribution in [0.1, 0.15) is 42.1 Å². The predicted octanol–water partition coefficient (Wildman–Crippen LogP) is 5.66. The third kappa shape index (κ3) is 3.27. The van der Waals surface area contributed by atoms with Gasteiger partial charge < -0.3 is 4.98 Å². The lowest BCUT2D eigenvalue weighted by atomic mass is 9.83. The van der Waals surface area contributed by atoms with E-state index in [1.54, 1.807) is 24.3 Å². The lowest BCUT2D eigenvalue weighted by Crippen LogP contribution is -2.47. The summed E-state index contributed by atoms with van der Waals surface area (Å²) in [7, 11) is 0. The van der Waals surface area contributed by atoms with E-state index in [9.17, 15) is 9.59 Å². The first-order valence-electron chi connectivity index (χ1n) is 11.6. The maximum Gasteiger partial charge on any atom is 0.251 e. The van der Waals surface area contributed by atoms with Gasteiger partial charge in [-0.15, -0.1) is 0 Å². The van der Waals surface area contributed by atoms with Gasteiger partial charge in [0, 0.05) is 40.1 Å². The Morgan fingerprint density at radius 2 is 1.71 bits per heavy atom. The van der Waals surface area contributed by atoms with Gasteiger partial charge in [-0.25, -0.2) is 4.90 Å². The maximum atomic E-state index is 13.6. The number of anilines is 1. The van der Waals surface area contributed by atoms with Gasteiger partial charge in [0.1, 0.15) is 0 Å². The van der Waals surface area contributed by atoms with Gasteiger partial charge in [0.15, 0.2) is 0 Å². The average molecular weight is 470 g/mol. The molecule has 1 aromatic heterocycles. The zero-order valence-electron chi connectivity index (χ0n) is 18.7. The van der Waals surface area contributed by atoms with Gasteiger partial charge in [-0.05, 0) is 42.3 Å². The van der Waals surface area contributed by atoms with Gasteiger partial charge in [-0.1, -0.05) is 66.2 Å². The molecule has 1 fully saturated rings. The molecule has 3 aromatic carbocycles. The van der Waals surface area contributed by atoms with Crippen molar-refractivity contribution < 1.29 is 9.59 Å². The number of hydrogen-bond acceptors (Lipinski definition) is 3. The third-order valence-corrected chi connectivity index (χ3v) is 7.46. The summed E-state index contributed by atoms with van der Waals surface area (Å²) in [5.74, 6) is -0.291. The number of hydrogen-bond donors (Lipinski definition) is 1. The first-order valence-corrected chi connectivity index (χ1v) is 11.9. The number of para-hydroxylation sites is 1. The van der Waals surface area contributed by atoms with Crippen LogP contribution in [0.2, 0.25) is 5.02 Å². The van der Waals surface area contributed by atoms with E-state index in [-0.39, 0.29) is 30.2 Å². The van der Waals surface area contributed by atoms with Crippen molar-refractivity contribution >= 4 is 40.0 Å². The normalized spacial score (nSPS) is 23.0. The average Bonchev–Trinajstić information content (AvgIpc) is 3.38. The lowest BCUT2D eigenvalue weighted by Gasteiger charge is -2.40. The minimum atomic E-state index is -0.521. The van der Waals surface area contributed by atoms with Gasteiger partial charge >= 0.3 is 0 Å². The molecule has 3 atom stereocenters. The standard InChI is InChI=1S/C28H24ClN3O2/c1-17-27-26(21-12-5-6-13-23(21)30-27)22(18-8-3-2-4-9-18)16-31(17)24-15-25(33)32(28(24)34)20-11-7-10-19(29)14-20/h2-14,17,22,24,30H,15-16H2,1H3. The highest BCUT2D eigenvalue weighted by molar-refractivity contribution is 6.31. The summed E-state index contributed by atoms with van der Waals surface area (Å²) in [5.41, 5.74) is 5.22. The molecule has 0 saturated carbocycles. The van der Waals surface area contributed by atoms with Crippen LogP contribution < -0.4 is 4.90 Å². The number of carbonyl (C=O) groups excluding carboxylic acids is 2. The van der Waals surface area contributed by atoms with Crippen LogP contribution in [0.4, 0.5) is 5.69 Å². The quantitative estimate of drug-likeness (QED) is 0.394. The van der Waals surface area contributed by atoms with Crippen molar-refractivity contribution in [2.75, 3.05) is 11.4 Å².